The molecule has 29 heavy (non-hydrogen) atoms. The van der Waals surface area contributed by atoms with Crippen molar-refractivity contribution in [2.24, 2.45) is 0 Å². The Hall–Kier alpha value is -3.89. The van der Waals surface area contributed by atoms with E-state index in [9.17, 15) is 5.11 Å². The fourth-order valence-corrected chi connectivity index (χ4v) is 3.49. The molecule has 1 unspecified atom stereocenters. The second-order valence-corrected chi connectivity index (χ2v) is 6.89. The normalized spacial score (nSPS) is 17.6. The molecule has 1 atom stereocenters. The van der Waals surface area contributed by atoms with Crippen LogP contribution < -0.4 is 5.73 Å². The van der Waals surface area contributed by atoms with Crippen LogP contribution in [-0.4, -0.2) is 30.0 Å². The van der Waals surface area contributed by atoms with Crippen LogP contribution >= 0.6 is 0 Å². The number of anilines is 1. The van der Waals surface area contributed by atoms with Gasteiger partial charge in [-0.05, 0) is 36.6 Å². The number of hydrogen-bond donors (Lipinski definition) is 2. The van der Waals surface area contributed by atoms with Gasteiger partial charge in [0.15, 0.2) is 17.2 Å². The summed E-state index contributed by atoms with van der Waals surface area (Å²) >= 11 is 0. The Morgan fingerprint density at radius 2 is 2.00 bits per heavy atom. The van der Waals surface area contributed by atoms with Gasteiger partial charge in [-0.15, -0.1) is 0 Å². The van der Waals surface area contributed by atoms with Crippen molar-refractivity contribution in [3.8, 4) is 23.2 Å². The topological polar surface area (TPSA) is 111 Å². The van der Waals surface area contributed by atoms with Crippen LogP contribution in [0.1, 0.15) is 23.2 Å². The summed E-state index contributed by atoms with van der Waals surface area (Å²) in [4.78, 5) is 21.3. The summed E-state index contributed by atoms with van der Waals surface area (Å²) in [5.41, 5.74) is 9.02. The zero-order chi connectivity index (χ0) is 19.8. The quantitative estimate of drug-likeness (QED) is 0.487. The number of nitrogen functional groups attached to an aromatic ring is 1. The molecule has 1 aliphatic carbocycles. The molecule has 5 rings (SSSR count). The second-order valence-electron chi connectivity index (χ2n) is 6.89. The van der Waals surface area contributed by atoms with Crippen molar-refractivity contribution >= 4 is 16.9 Å². The van der Waals surface area contributed by atoms with E-state index >= 15 is 0 Å². The number of benzene rings is 1. The summed E-state index contributed by atoms with van der Waals surface area (Å²) in [5, 5.41) is 11.0. The molecule has 4 aromatic rings. The number of nitrogens with two attached hydrogens (primary N) is 1. The minimum Gasteiger partial charge on any atom is -0.382 e. The van der Waals surface area contributed by atoms with Crippen molar-refractivity contribution in [3.05, 3.63) is 71.9 Å². The fourth-order valence-electron chi connectivity index (χ4n) is 3.49. The molecule has 0 aliphatic heterocycles. The lowest BCUT2D eigenvalue weighted by Crippen LogP contribution is -2.20. The van der Waals surface area contributed by atoms with E-state index in [2.05, 4.69) is 36.8 Å². The summed E-state index contributed by atoms with van der Waals surface area (Å²) in [6, 6.07) is 11.4. The van der Waals surface area contributed by atoms with Gasteiger partial charge < -0.3 is 10.8 Å². The number of aryl methyl sites for hydroxylation is 1. The molecule has 0 radical (unpaired) electrons. The van der Waals surface area contributed by atoms with Crippen LogP contribution in [0.5, 0.6) is 0 Å². The van der Waals surface area contributed by atoms with Gasteiger partial charge in [-0.25, -0.2) is 19.9 Å². The Morgan fingerprint density at radius 3 is 2.93 bits per heavy atom. The molecular formula is C22H16N6O. The van der Waals surface area contributed by atoms with E-state index < -0.39 is 5.60 Å². The van der Waals surface area contributed by atoms with Crippen LogP contribution in [0, 0.1) is 11.8 Å². The summed E-state index contributed by atoms with van der Waals surface area (Å²) in [6.45, 7) is 0. The molecule has 3 N–H and O–H groups in total. The number of fused-ring (bicyclic) bond motifs is 2. The molecule has 3 heterocycles. The van der Waals surface area contributed by atoms with E-state index in [-0.39, 0.29) is 0 Å². The number of nitrogens with zero attached hydrogens (tertiary/aromatic N) is 5. The molecular weight excluding hydrogens is 364 g/mol. The molecule has 0 saturated carbocycles. The highest BCUT2D eigenvalue weighted by atomic mass is 16.3. The van der Waals surface area contributed by atoms with Crippen molar-refractivity contribution in [1.82, 2.24) is 24.9 Å². The first-order chi connectivity index (χ1) is 14.1. The van der Waals surface area contributed by atoms with E-state index in [1.54, 1.807) is 12.4 Å². The van der Waals surface area contributed by atoms with Gasteiger partial charge in [-0.2, -0.15) is 0 Å². The number of rotatable bonds is 1. The van der Waals surface area contributed by atoms with Crippen LogP contribution in [0.2, 0.25) is 0 Å². The lowest BCUT2D eigenvalue weighted by atomic mass is 10.0. The zero-order valence-corrected chi connectivity index (χ0v) is 15.4. The number of hydrogen-bond acceptors (Lipinski definition) is 7. The molecule has 0 spiro atoms. The van der Waals surface area contributed by atoms with Gasteiger partial charge in [0.2, 0.25) is 0 Å². The third-order valence-electron chi connectivity index (χ3n) is 4.98. The van der Waals surface area contributed by atoms with E-state index in [4.69, 9.17) is 5.73 Å². The van der Waals surface area contributed by atoms with E-state index in [0.717, 1.165) is 23.1 Å². The predicted octanol–water partition coefficient (Wildman–Crippen LogP) is 2.25. The number of aliphatic hydroxyl groups is 1. The van der Waals surface area contributed by atoms with Crippen LogP contribution in [-0.2, 0) is 12.0 Å². The molecule has 1 aromatic carbocycles. The Bertz CT molecular complexity index is 1310. The highest BCUT2D eigenvalue weighted by Gasteiger charge is 2.36. The monoisotopic (exact) mass is 380 g/mol. The maximum atomic E-state index is 11.0. The molecule has 7 nitrogen and oxygen atoms in total. The fraction of sp³-hybridized carbons (Fsp3) is 0.136. The first-order valence-corrected chi connectivity index (χ1v) is 9.16. The van der Waals surface area contributed by atoms with Crippen molar-refractivity contribution in [2.75, 3.05) is 5.73 Å². The molecule has 0 saturated heterocycles. The summed E-state index contributed by atoms with van der Waals surface area (Å²) < 4.78 is 0. The second kappa shape index (κ2) is 6.62. The molecule has 7 heteroatoms. The first-order valence-electron chi connectivity index (χ1n) is 9.16. The highest BCUT2D eigenvalue weighted by molar-refractivity contribution is 5.84. The third kappa shape index (κ3) is 3.06. The number of aromatic nitrogens is 5. The standard InChI is InChI=1S/C22H16N6O/c23-20-18-17(26-13-27-20)12-25-21(28-18)16-4-1-3-14(11-16)6-8-22(29)9-7-15-5-2-10-24-19(15)22/h1-5,10-13,29H,7,9H2,(H2,23,26,27). The van der Waals surface area contributed by atoms with Crippen molar-refractivity contribution in [2.45, 2.75) is 18.4 Å². The van der Waals surface area contributed by atoms with Gasteiger partial charge in [0.1, 0.15) is 17.4 Å². The van der Waals surface area contributed by atoms with Gasteiger partial charge in [0, 0.05) is 17.3 Å². The maximum Gasteiger partial charge on any atom is 0.168 e. The minimum absolute atomic E-state index is 0.309. The number of pyridine rings is 1. The average Bonchev–Trinajstić information content (AvgIpc) is 3.10. The lowest BCUT2D eigenvalue weighted by Gasteiger charge is -2.15. The van der Waals surface area contributed by atoms with E-state index in [1.807, 2.05) is 36.4 Å². The smallest absolute Gasteiger partial charge is 0.168 e. The molecule has 1 aliphatic rings. The molecule has 3 aromatic heterocycles. The largest absolute Gasteiger partial charge is 0.382 e. The maximum absolute atomic E-state index is 11.0. The lowest BCUT2D eigenvalue weighted by molar-refractivity contribution is 0.0982. The first kappa shape index (κ1) is 17.2. The average molecular weight is 380 g/mol. The summed E-state index contributed by atoms with van der Waals surface area (Å²) in [6.07, 6.45) is 6.00. The van der Waals surface area contributed by atoms with Crippen LogP contribution in [0.4, 0.5) is 5.82 Å². The van der Waals surface area contributed by atoms with Gasteiger partial charge in [-0.1, -0.05) is 30.0 Å². The van der Waals surface area contributed by atoms with E-state index in [0.29, 0.717) is 34.8 Å². The Labute approximate surface area is 166 Å². The Morgan fingerprint density at radius 1 is 1.07 bits per heavy atom. The molecule has 0 fully saturated rings. The Kier molecular flexibility index (Phi) is 3.93. The highest BCUT2D eigenvalue weighted by Crippen LogP contribution is 2.34. The van der Waals surface area contributed by atoms with Crippen LogP contribution in [0.3, 0.4) is 0 Å². The van der Waals surface area contributed by atoms with Crippen molar-refractivity contribution in [1.29, 1.82) is 0 Å². The van der Waals surface area contributed by atoms with Gasteiger partial charge in [-0.3, -0.25) is 4.98 Å². The summed E-state index contributed by atoms with van der Waals surface area (Å²) in [5.74, 6) is 6.91. The minimum atomic E-state index is -1.22. The van der Waals surface area contributed by atoms with Crippen molar-refractivity contribution in [3.63, 3.8) is 0 Å². The zero-order valence-electron chi connectivity index (χ0n) is 15.4. The van der Waals surface area contributed by atoms with Crippen LogP contribution in [0.15, 0.2) is 55.1 Å². The third-order valence-corrected chi connectivity index (χ3v) is 4.98. The van der Waals surface area contributed by atoms with Crippen LogP contribution in [0.25, 0.3) is 22.4 Å². The molecule has 0 bridgehead atoms. The molecule has 0 amide bonds. The Balaban J connectivity index is 1.51. The summed E-state index contributed by atoms with van der Waals surface area (Å²) in [7, 11) is 0. The van der Waals surface area contributed by atoms with E-state index in [1.165, 1.54) is 6.33 Å². The molecule has 140 valence electrons. The van der Waals surface area contributed by atoms with Crippen molar-refractivity contribution < 1.29 is 5.11 Å². The van der Waals surface area contributed by atoms with Gasteiger partial charge in [0.05, 0.1) is 11.9 Å². The predicted molar refractivity (Wildman–Crippen MR) is 108 cm³/mol. The SMILES string of the molecule is Nc1ncnc2cnc(-c3cccc(C#CC4(O)CCc5cccnc54)c3)nc12. The van der Waals surface area contributed by atoms with Gasteiger partial charge in [0.25, 0.3) is 0 Å². The van der Waals surface area contributed by atoms with Gasteiger partial charge >= 0.3 is 0 Å².